The third-order valence-corrected chi connectivity index (χ3v) is 5.66. The summed E-state index contributed by atoms with van der Waals surface area (Å²) in [5.41, 5.74) is 2.88. The van der Waals surface area contributed by atoms with Gasteiger partial charge in [0.1, 0.15) is 6.54 Å². The second kappa shape index (κ2) is 9.14. The van der Waals surface area contributed by atoms with Crippen molar-refractivity contribution in [3.05, 3.63) is 71.3 Å². The van der Waals surface area contributed by atoms with Crippen LogP contribution in [0.5, 0.6) is 0 Å². The van der Waals surface area contributed by atoms with E-state index in [9.17, 15) is 9.59 Å². The van der Waals surface area contributed by atoms with Crippen molar-refractivity contribution < 1.29 is 4.79 Å². The number of carbonyl (C=O) groups excluding carboxylic acids is 1. The topological polar surface area (TPSA) is 72.2 Å². The van der Waals surface area contributed by atoms with E-state index in [0.717, 1.165) is 37.1 Å². The molecule has 2 heterocycles. The van der Waals surface area contributed by atoms with Crippen molar-refractivity contribution in [2.24, 2.45) is 0 Å². The van der Waals surface area contributed by atoms with E-state index in [-0.39, 0.29) is 18.0 Å². The SMILES string of the molecule is CCN(CC)CCn1ccc2cc(NC(=O)Cn3c(=O)cnc4ccccc43)ccc21. The van der Waals surface area contributed by atoms with Crippen molar-refractivity contribution in [3.63, 3.8) is 0 Å². The van der Waals surface area contributed by atoms with Crippen molar-refractivity contribution in [2.75, 3.05) is 25.0 Å². The number of benzene rings is 2. The van der Waals surface area contributed by atoms with Crippen LogP contribution in [0, 0.1) is 0 Å². The number of nitrogens with one attached hydrogen (secondary N) is 1. The Morgan fingerprint density at radius 1 is 1.06 bits per heavy atom. The summed E-state index contributed by atoms with van der Waals surface area (Å²) in [4.78, 5) is 31.5. The summed E-state index contributed by atoms with van der Waals surface area (Å²) in [6.45, 7) is 8.30. The van der Waals surface area contributed by atoms with Gasteiger partial charge < -0.3 is 14.8 Å². The Labute approximate surface area is 180 Å². The lowest BCUT2D eigenvalue weighted by atomic mass is 10.2. The van der Waals surface area contributed by atoms with Crippen LogP contribution < -0.4 is 10.9 Å². The van der Waals surface area contributed by atoms with E-state index in [1.165, 1.54) is 10.8 Å². The molecular weight excluding hydrogens is 390 g/mol. The molecule has 0 saturated carbocycles. The van der Waals surface area contributed by atoms with Gasteiger partial charge in [0.05, 0.1) is 17.2 Å². The molecule has 1 N–H and O–H groups in total. The normalized spacial score (nSPS) is 11.5. The Kier molecular flexibility index (Phi) is 6.13. The monoisotopic (exact) mass is 417 g/mol. The van der Waals surface area contributed by atoms with E-state index in [0.29, 0.717) is 16.7 Å². The third kappa shape index (κ3) is 4.51. The van der Waals surface area contributed by atoms with Gasteiger partial charge in [0.2, 0.25) is 5.91 Å². The van der Waals surface area contributed by atoms with E-state index < -0.39 is 0 Å². The minimum Gasteiger partial charge on any atom is -0.346 e. The van der Waals surface area contributed by atoms with Gasteiger partial charge in [-0.1, -0.05) is 26.0 Å². The van der Waals surface area contributed by atoms with Gasteiger partial charge in [-0.25, -0.2) is 4.98 Å². The highest BCUT2D eigenvalue weighted by Crippen LogP contribution is 2.21. The largest absolute Gasteiger partial charge is 0.346 e. The van der Waals surface area contributed by atoms with Crippen LogP contribution in [-0.4, -0.2) is 44.6 Å². The van der Waals surface area contributed by atoms with Crippen LogP contribution in [0.25, 0.3) is 21.9 Å². The first kappa shape index (κ1) is 20.8. The maximum absolute atomic E-state index is 12.7. The predicted octanol–water partition coefficient (Wildman–Crippen LogP) is 3.33. The second-order valence-corrected chi connectivity index (χ2v) is 7.53. The fourth-order valence-corrected chi connectivity index (χ4v) is 3.88. The number of anilines is 1. The first-order valence-electron chi connectivity index (χ1n) is 10.6. The van der Waals surface area contributed by atoms with Crippen LogP contribution in [0.4, 0.5) is 5.69 Å². The van der Waals surface area contributed by atoms with Crippen molar-refractivity contribution in [3.8, 4) is 0 Å². The quantitative estimate of drug-likeness (QED) is 0.477. The van der Waals surface area contributed by atoms with Crippen LogP contribution in [0.15, 0.2) is 65.7 Å². The predicted molar refractivity (Wildman–Crippen MR) is 124 cm³/mol. The maximum Gasteiger partial charge on any atom is 0.269 e. The molecule has 0 saturated heterocycles. The molecule has 0 unspecified atom stereocenters. The fraction of sp³-hybridized carbons (Fsp3) is 0.292. The second-order valence-electron chi connectivity index (χ2n) is 7.53. The van der Waals surface area contributed by atoms with Crippen molar-refractivity contribution in [2.45, 2.75) is 26.9 Å². The molecule has 2 aromatic carbocycles. The Morgan fingerprint density at radius 3 is 2.68 bits per heavy atom. The summed E-state index contributed by atoms with van der Waals surface area (Å²) < 4.78 is 3.68. The highest BCUT2D eigenvalue weighted by Gasteiger charge is 2.10. The van der Waals surface area contributed by atoms with Crippen LogP contribution in [0.1, 0.15) is 13.8 Å². The van der Waals surface area contributed by atoms with Crippen LogP contribution in [0.3, 0.4) is 0 Å². The third-order valence-electron chi connectivity index (χ3n) is 5.66. The molecule has 0 aliphatic rings. The van der Waals surface area contributed by atoms with Gasteiger partial charge in [0.15, 0.2) is 0 Å². The van der Waals surface area contributed by atoms with Gasteiger partial charge in [-0.05, 0) is 49.5 Å². The molecule has 0 fully saturated rings. The number of fused-ring (bicyclic) bond motifs is 2. The van der Waals surface area contributed by atoms with Crippen molar-refractivity contribution in [1.82, 2.24) is 19.0 Å². The highest BCUT2D eigenvalue weighted by atomic mass is 16.2. The van der Waals surface area contributed by atoms with E-state index in [2.05, 4.69) is 45.9 Å². The minimum atomic E-state index is -0.297. The number of rotatable bonds is 8. The lowest BCUT2D eigenvalue weighted by Gasteiger charge is -2.18. The Hall–Kier alpha value is -3.45. The summed E-state index contributed by atoms with van der Waals surface area (Å²) in [5, 5.41) is 3.99. The van der Waals surface area contributed by atoms with Gasteiger partial charge >= 0.3 is 0 Å². The molecule has 4 rings (SSSR count). The number of likely N-dealkylation sites (N-methyl/N-ethyl adjacent to an activating group) is 1. The Morgan fingerprint density at radius 2 is 1.87 bits per heavy atom. The molecule has 2 aromatic heterocycles. The molecule has 0 bridgehead atoms. The van der Waals surface area contributed by atoms with E-state index in [4.69, 9.17) is 0 Å². The summed E-state index contributed by atoms with van der Waals surface area (Å²) in [7, 11) is 0. The summed E-state index contributed by atoms with van der Waals surface area (Å²) in [6, 6.07) is 15.3. The van der Waals surface area contributed by atoms with E-state index in [1.54, 1.807) is 6.07 Å². The van der Waals surface area contributed by atoms with Crippen LogP contribution in [-0.2, 0) is 17.9 Å². The van der Waals surface area contributed by atoms with Gasteiger partial charge in [-0.3, -0.25) is 14.2 Å². The van der Waals surface area contributed by atoms with Gasteiger partial charge in [-0.15, -0.1) is 0 Å². The summed E-state index contributed by atoms with van der Waals surface area (Å²) in [5.74, 6) is -0.251. The Bertz CT molecular complexity index is 1270. The lowest BCUT2D eigenvalue weighted by molar-refractivity contribution is -0.116. The zero-order chi connectivity index (χ0) is 21.8. The zero-order valence-electron chi connectivity index (χ0n) is 17.9. The van der Waals surface area contributed by atoms with Crippen LogP contribution >= 0.6 is 0 Å². The first-order chi connectivity index (χ1) is 15.1. The Balaban J connectivity index is 1.49. The summed E-state index contributed by atoms with van der Waals surface area (Å²) >= 11 is 0. The van der Waals surface area contributed by atoms with Gasteiger partial charge in [0.25, 0.3) is 5.56 Å². The summed E-state index contributed by atoms with van der Waals surface area (Å²) in [6.07, 6.45) is 3.34. The molecule has 0 radical (unpaired) electrons. The molecule has 31 heavy (non-hydrogen) atoms. The molecule has 0 atom stereocenters. The number of hydrogen-bond donors (Lipinski definition) is 1. The lowest BCUT2D eigenvalue weighted by Crippen LogP contribution is -2.28. The highest BCUT2D eigenvalue weighted by molar-refractivity contribution is 5.94. The number of para-hydroxylation sites is 2. The van der Waals surface area contributed by atoms with Gasteiger partial charge in [-0.2, -0.15) is 0 Å². The molecule has 160 valence electrons. The zero-order valence-corrected chi connectivity index (χ0v) is 17.9. The van der Waals surface area contributed by atoms with Gasteiger partial charge in [0, 0.05) is 35.9 Å². The van der Waals surface area contributed by atoms with E-state index in [1.807, 2.05) is 36.4 Å². The first-order valence-corrected chi connectivity index (χ1v) is 10.6. The van der Waals surface area contributed by atoms with Crippen LogP contribution in [0.2, 0.25) is 0 Å². The molecule has 4 aromatic rings. The number of aromatic nitrogens is 3. The van der Waals surface area contributed by atoms with Crippen molar-refractivity contribution in [1.29, 1.82) is 0 Å². The van der Waals surface area contributed by atoms with Crippen molar-refractivity contribution >= 4 is 33.5 Å². The average Bonchev–Trinajstić information content (AvgIpc) is 3.18. The number of hydrogen-bond acceptors (Lipinski definition) is 4. The van der Waals surface area contributed by atoms with E-state index >= 15 is 0 Å². The number of nitrogens with zero attached hydrogens (tertiary/aromatic N) is 4. The molecule has 0 aliphatic carbocycles. The average molecular weight is 418 g/mol. The molecule has 1 amide bonds. The molecule has 7 heteroatoms. The molecule has 7 nitrogen and oxygen atoms in total. The molecule has 0 aliphatic heterocycles. The smallest absolute Gasteiger partial charge is 0.269 e. The molecular formula is C24H27N5O2. The minimum absolute atomic E-state index is 0.0647. The maximum atomic E-state index is 12.7. The fourth-order valence-electron chi connectivity index (χ4n) is 3.88. The number of amides is 1. The standard InChI is InChI=1S/C24H27N5O2/c1-3-27(4-2)13-14-28-12-11-18-15-19(9-10-21(18)28)26-23(30)17-29-22-8-6-5-7-20(22)25-16-24(29)31/h5-12,15-16H,3-4,13-14,17H2,1-2H3,(H,26,30). The number of carbonyl (C=O) groups is 1. The molecule has 0 spiro atoms.